The van der Waals surface area contributed by atoms with Gasteiger partial charge in [-0.2, -0.15) is 0 Å². The molecule has 0 saturated heterocycles. The smallest absolute Gasteiger partial charge is 0.406 e. The van der Waals surface area contributed by atoms with E-state index in [1.165, 1.54) is 36.4 Å². The first-order valence-electron chi connectivity index (χ1n) is 10.9. The highest BCUT2D eigenvalue weighted by molar-refractivity contribution is 6.07. The molecule has 0 heterocycles. The van der Waals surface area contributed by atoms with E-state index in [0.29, 0.717) is 10.9 Å². The number of fused-ring (bicyclic) bond motifs is 1. The van der Waals surface area contributed by atoms with Gasteiger partial charge >= 0.3 is 6.36 Å². The van der Waals surface area contributed by atoms with Crippen LogP contribution in [0.1, 0.15) is 27.6 Å². The molecule has 0 spiro atoms. The zero-order valence-electron chi connectivity index (χ0n) is 18.6. The molecule has 0 fully saturated rings. The van der Waals surface area contributed by atoms with E-state index in [1.54, 1.807) is 18.2 Å². The van der Waals surface area contributed by atoms with Gasteiger partial charge in [0.25, 0.3) is 5.91 Å². The SMILES string of the molecule is O=C(NC(Cc1cccc(OC(F)(F)F)c1)C(O)c1ccc(F)cc1)c1ccc(F)c2ccccc12. The molecule has 1 amide bonds. The fourth-order valence-corrected chi connectivity index (χ4v) is 3.96. The van der Waals surface area contributed by atoms with Crippen LogP contribution in [-0.4, -0.2) is 23.4 Å². The zero-order chi connectivity index (χ0) is 25.9. The molecule has 2 atom stereocenters. The second-order valence-electron chi connectivity index (χ2n) is 8.12. The third-order valence-electron chi connectivity index (χ3n) is 5.61. The van der Waals surface area contributed by atoms with E-state index in [4.69, 9.17) is 0 Å². The van der Waals surface area contributed by atoms with Crippen molar-refractivity contribution in [2.45, 2.75) is 24.9 Å². The number of rotatable bonds is 7. The maximum absolute atomic E-state index is 14.2. The van der Waals surface area contributed by atoms with Gasteiger partial charge in [-0.3, -0.25) is 4.79 Å². The molecule has 0 aromatic heterocycles. The molecule has 186 valence electrons. The summed E-state index contributed by atoms with van der Waals surface area (Å²) < 4.78 is 69.6. The molecular formula is C27H20F5NO3. The molecule has 0 aliphatic carbocycles. The average molecular weight is 501 g/mol. The number of carbonyl (C=O) groups excluding carboxylic acids is 1. The summed E-state index contributed by atoms with van der Waals surface area (Å²) in [6.07, 6.45) is -6.31. The van der Waals surface area contributed by atoms with Crippen LogP contribution in [0.5, 0.6) is 5.75 Å². The number of aliphatic hydroxyl groups is 1. The number of hydrogen-bond acceptors (Lipinski definition) is 3. The normalized spacial score (nSPS) is 13.3. The van der Waals surface area contributed by atoms with Gasteiger partial charge in [0.1, 0.15) is 17.4 Å². The molecule has 9 heteroatoms. The van der Waals surface area contributed by atoms with Gasteiger partial charge in [-0.1, -0.05) is 48.5 Å². The van der Waals surface area contributed by atoms with E-state index in [1.807, 2.05) is 0 Å². The van der Waals surface area contributed by atoms with Crippen LogP contribution in [0, 0.1) is 11.6 Å². The Bertz CT molecular complexity index is 1370. The number of alkyl halides is 3. The van der Waals surface area contributed by atoms with Crippen LogP contribution in [0.25, 0.3) is 10.8 Å². The standard InChI is InChI=1S/C27H20F5NO3/c28-18-10-8-17(9-11-18)25(34)24(15-16-4-3-5-19(14-16)36-27(30,31)32)33-26(35)22-12-13-23(29)21-7-2-1-6-20(21)22/h1-14,24-25,34H,15H2,(H,33,35). The molecule has 36 heavy (non-hydrogen) atoms. The summed E-state index contributed by atoms with van der Waals surface area (Å²) in [6.45, 7) is 0. The Morgan fingerprint density at radius 1 is 0.889 bits per heavy atom. The van der Waals surface area contributed by atoms with Gasteiger partial charge in [0.15, 0.2) is 0 Å². The molecule has 0 bridgehead atoms. The van der Waals surface area contributed by atoms with Gasteiger partial charge < -0.3 is 15.2 Å². The largest absolute Gasteiger partial charge is 0.573 e. The van der Waals surface area contributed by atoms with E-state index in [0.717, 1.165) is 30.3 Å². The van der Waals surface area contributed by atoms with E-state index in [9.17, 15) is 31.9 Å². The lowest BCUT2D eigenvalue weighted by atomic mass is 9.95. The molecule has 4 aromatic carbocycles. The van der Waals surface area contributed by atoms with Crippen LogP contribution in [0.15, 0.2) is 84.9 Å². The second-order valence-corrected chi connectivity index (χ2v) is 8.12. The van der Waals surface area contributed by atoms with Crippen molar-refractivity contribution in [3.05, 3.63) is 113 Å². The van der Waals surface area contributed by atoms with Crippen molar-refractivity contribution < 1.29 is 36.6 Å². The Labute approximate surface area is 202 Å². The molecule has 0 aliphatic rings. The van der Waals surface area contributed by atoms with E-state index < -0.39 is 41.8 Å². The van der Waals surface area contributed by atoms with Crippen molar-refractivity contribution in [3.63, 3.8) is 0 Å². The topological polar surface area (TPSA) is 58.6 Å². The molecule has 4 nitrogen and oxygen atoms in total. The third-order valence-corrected chi connectivity index (χ3v) is 5.61. The van der Waals surface area contributed by atoms with Crippen LogP contribution in [-0.2, 0) is 6.42 Å². The van der Waals surface area contributed by atoms with Crippen molar-refractivity contribution in [3.8, 4) is 5.75 Å². The first-order chi connectivity index (χ1) is 17.1. The van der Waals surface area contributed by atoms with Crippen LogP contribution in [0.4, 0.5) is 22.0 Å². The van der Waals surface area contributed by atoms with E-state index in [2.05, 4.69) is 10.1 Å². The van der Waals surface area contributed by atoms with Crippen LogP contribution < -0.4 is 10.1 Å². The number of nitrogens with one attached hydrogen (secondary N) is 1. The Morgan fingerprint density at radius 3 is 2.28 bits per heavy atom. The minimum atomic E-state index is -4.89. The summed E-state index contributed by atoms with van der Waals surface area (Å²) in [5.41, 5.74) is 0.776. The van der Waals surface area contributed by atoms with Crippen molar-refractivity contribution >= 4 is 16.7 Å². The maximum Gasteiger partial charge on any atom is 0.573 e. The number of benzene rings is 4. The Balaban J connectivity index is 1.66. The lowest BCUT2D eigenvalue weighted by Crippen LogP contribution is -2.41. The van der Waals surface area contributed by atoms with Gasteiger partial charge in [-0.15, -0.1) is 13.2 Å². The summed E-state index contributed by atoms with van der Waals surface area (Å²) in [5.74, 6) is -2.11. The summed E-state index contributed by atoms with van der Waals surface area (Å²) >= 11 is 0. The fourth-order valence-electron chi connectivity index (χ4n) is 3.96. The lowest BCUT2D eigenvalue weighted by molar-refractivity contribution is -0.274. The number of halogens is 5. The highest BCUT2D eigenvalue weighted by Crippen LogP contribution is 2.27. The van der Waals surface area contributed by atoms with Crippen LogP contribution in [0.3, 0.4) is 0 Å². The number of carbonyl (C=O) groups is 1. The number of ether oxygens (including phenoxy) is 1. The van der Waals surface area contributed by atoms with E-state index >= 15 is 0 Å². The zero-order valence-corrected chi connectivity index (χ0v) is 18.6. The monoisotopic (exact) mass is 501 g/mol. The number of aliphatic hydroxyl groups excluding tert-OH is 1. The molecule has 0 aliphatic heterocycles. The minimum Gasteiger partial charge on any atom is -0.406 e. The second kappa shape index (κ2) is 10.3. The Hall–Kier alpha value is -3.98. The van der Waals surface area contributed by atoms with Gasteiger partial charge in [-0.05, 0) is 59.3 Å². The fraction of sp³-hybridized carbons (Fsp3) is 0.148. The van der Waals surface area contributed by atoms with Crippen LogP contribution >= 0.6 is 0 Å². The predicted octanol–water partition coefficient (Wildman–Crippen LogP) is 6.09. The lowest BCUT2D eigenvalue weighted by Gasteiger charge is -2.25. The Kier molecular flexibility index (Phi) is 7.21. The maximum atomic E-state index is 14.2. The molecule has 4 aromatic rings. The molecule has 0 saturated carbocycles. The highest BCUT2D eigenvalue weighted by atomic mass is 19.4. The molecule has 2 N–H and O–H groups in total. The van der Waals surface area contributed by atoms with Gasteiger partial charge in [-0.25, -0.2) is 8.78 Å². The summed E-state index contributed by atoms with van der Waals surface area (Å²) in [4.78, 5) is 13.2. The number of amides is 1. The predicted molar refractivity (Wildman–Crippen MR) is 123 cm³/mol. The molecule has 0 radical (unpaired) electrons. The van der Waals surface area contributed by atoms with Crippen LogP contribution in [0.2, 0.25) is 0 Å². The third kappa shape index (κ3) is 5.98. The first-order valence-corrected chi connectivity index (χ1v) is 10.9. The summed E-state index contributed by atoms with van der Waals surface area (Å²) in [6, 6.07) is 17.9. The molecule has 2 unspecified atom stereocenters. The van der Waals surface area contributed by atoms with Gasteiger partial charge in [0.05, 0.1) is 12.1 Å². The minimum absolute atomic E-state index is 0.0849. The Morgan fingerprint density at radius 2 is 1.58 bits per heavy atom. The van der Waals surface area contributed by atoms with Crippen molar-refractivity contribution in [2.75, 3.05) is 0 Å². The van der Waals surface area contributed by atoms with Crippen molar-refractivity contribution in [1.29, 1.82) is 0 Å². The average Bonchev–Trinajstić information content (AvgIpc) is 2.83. The van der Waals surface area contributed by atoms with Gasteiger partial charge in [0, 0.05) is 10.9 Å². The first kappa shape index (κ1) is 25.1. The summed E-state index contributed by atoms with van der Waals surface area (Å²) in [7, 11) is 0. The van der Waals surface area contributed by atoms with Crippen molar-refractivity contribution in [2.24, 2.45) is 0 Å². The highest BCUT2D eigenvalue weighted by Gasteiger charge is 2.31. The van der Waals surface area contributed by atoms with Gasteiger partial charge in [0.2, 0.25) is 0 Å². The quantitative estimate of drug-likeness (QED) is 0.301. The van der Waals surface area contributed by atoms with Crippen molar-refractivity contribution in [1.82, 2.24) is 5.32 Å². The number of hydrogen-bond donors (Lipinski definition) is 2. The summed E-state index contributed by atoms with van der Waals surface area (Å²) in [5, 5.41) is 14.3. The molecular weight excluding hydrogens is 481 g/mol. The van der Waals surface area contributed by atoms with E-state index in [-0.39, 0.29) is 22.9 Å². The molecule has 4 rings (SSSR count).